The standard InChI is InChI=1S/C52H78F4IN5O4S/c1-3-4-5-6-7-8-9-10-11-12-13-14-15-16-17-18-19-20-37-65-49-24-22-45(39-47(49)53)67(63,64)50-40-58-48-23-21-44(66-52(54,55)56)38-46(48)51(50)62-31-27-43(28-32-62)61-35-33-60(34-36-61)42-25-29-59(30-26-42)41(2)57/h21-24,38-43H,3-20,25-37H2,1-2H3. The van der Waals surface area contributed by atoms with Gasteiger partial charge in [-0.25, -0.2) is 12.8 Å². The first kappa shape index (κ1) is 53.9. The number of piperazine rings is 1. The largest absolute Gasteiger partial charge is 0.573 e. The number of likely N-dealkylation sites (tertiary alicyclic amines) is 1. The molecule has 15 heteroatoms. The summed E-state index contributed by atoms with van der Waals surface area (Å²) >= 11 is 2.49. The number of hydrogen-bond donors (Lipinski definition) is 0. The maximum Gasteiger partial charge on any atom is 0.573 e. The van der Waals surface area contributed by atoms with Crippen LogP contribution in [0.2, 0.25) is 0 Å². The summed E-state index contributed by atoms with van der Waals surface area (Å²) in [5.41, 5.74) is 0.581. The van der Waals surface area contributed by atoms with Crippen LogP contribution < -0.4 is 14.4 Å². The molecule has 1 aromatic heterocycles. The first-order valence-electron chi connectivity index (χ1n) is 25.8. The van der Waals surface area contributed by atoms with E-state index in [2.05, 4.69) is 60.9 Å². The zero-order valence-corrected chi connectivity index (χ0v) is 43.3. The van der Waals surface area contributed by atoms with Gasteiger partial charge >= 0.3 is 6.36 Å². The number of sulfone groups is 1. The number of nitrogens with zero attached hydrogens (tertiary/aromatic N) is 5. The number of aromatic nitrogens is 1. The Balaban J connectivity index is 0.992. The molecule has 9 nitrogen and oxygen atoms in total. The number of unbranched alkanes of at least 4 members (excludes halogenated alkanes) is 17. The molecule has 376 valence electrons. The van der Waals surface area contributed by atoms with Crippen molar-refractivity contribution in [2.24, 2.45) is 0 Å². The van der Waals surface area contributed by atoms with Crippen LogP contribution in [0.3, 0.4) is 0 Å². The molecule has 0 aliphatic carbocycles. The Hall–Kier alpha value is -2.47. The zero-order valence-electron chi connectivity index (χ0n) is 40.4. The van der Waals surface area contributed by atoms with E-state index in [1.54, 1.807) is 0 Å². The molecule has 2 aromatic carbocycles. The number of halogens is 5. The van der Waals surface area contributed by atoms with Crippen LogP contribution >= 0.6 is 22.6 Å². The lowest BCUT2D eigenvalue weighted by atomic mass is 9.99. The molecule has 1 atom stereocenters. The van der Waals surface area contributed by atoms with Crippen molar-refractivity contribution in [1.82, 2.24) is 19.7 Å². The number of hydrogen-bond acceptors (Lipinski definition) is 9. The van der Waals surface area contributed by atoms with Crippen LogP contribution in [0.15, 0.2) is 52.4 Å². The molecule has 0 spiro atoms. The Morgan fingerprint density at radius 1 is 0.701 bits per heavy atom. The molecule has 4 heterocycles. The molecule has 3 aliphatic heterocycles. The van der Waals surface area contributed by atoms with Crippen molar-refractivity contribution in [1.29, 1.82) is 0 Å². The number of pyridine rings is 1. The van der Waals surface area contributed by atoms with Gasteiger partial charge in [0.15, 0.2) is 11.6 Å². The molecule has 3 saturated heterocycles. The van der Waals surface area contributed by atoms with Gasteiger partial charge in [0.05, 0.1) is 26.8 Å². The minimum absolute atomic E-state index is 0.0177. The SMILES string of the molecule is CCCCCCCCCCCCCCCCCCCCOc1ccc(S(=O)(=O)c2cnc3ccc(OC(F)(F)F)cc3c2N2CCC(N3CCN(C4CCN(C(C)I)CC4)CC3)CC2)cc1F. The van der Waals surface area contributed by atoms with Gasteiger partial charge < -0.3 is 14.4 Å². The summed E-state index contributed by atoms with van der Waals surface area (Å²) in [6, 6.07) is 8.35. The summed E-state index contributed by atoms with van der Waals surface area (Å²) in [4.78, 5) is 13.6. The minimum atomic E-state index is -4.94. The quantitative estimate of drug-likeness (QED) is 0.0244. The van der Waals surface area contributed by atoms with E-state index in [9.17, 15) is 21.6 Å². The number of fused-ring (bicyclic) bond motifs is 1. The highest BCUT2D eigenvalue weighted by atomic mass is 127. The predicted molar refractivity (Wildman–Crippen MR) is 271 cm³/mol. The Kier molecular flexibility index (Phi) is 21.9. The molecule has 0 saturated carbocycles. The third kappa shape index (κ3) is 16.6. The average Bonchev–Trinajstić information content (AvgIpc) is 3.32. The van der Waals surface area contributed by atoms with E-state index in [-0.39, 0.29) is 26.6 Å². The van der Waals surface area contributed by atoms with Gasteiger partial charge in [0.25, 0.3) is 0 Å². The second-order valence-corrected chi connectivity index (χ2v) is 23.0. The lowest BCUT2D eigenvalue weighted by molar-refractivity contribution is -0.274. The number of ether oxygens (including phenoxy) is 2. The van der Waals surface area contributed by atoms with Crippen molar-refractivity contribution in [2.75, 3.05) is 63.9 Å². The summed E-state index contributed by atoms with van der Waals surface area (Å²) in [7, 11) is -4.39. The van der Waals surface area contributed by atoms with Crippen molar-refractivity contribution < 1.29 is 35.5 Å². The van der Waals surface area contributed by atoms with E-state index in [1.807, 2.05) is 4.90 Å². The lowest BCUT2D eigenvalue weighted by Crippen LogP contribution is -2.56. The number of rotatable bonds is 27. The Morgan fingerprint density at radius 3 is 1.70 bits per heavy atom. The van der Waals surface area contributed by atoms with Crippen LogP contribution in [-0.2, 0) is 9.84 Å². The maximum atomic E-state index is 15.6. The molecular weight excluding hydrogens is 994 g/mol. The molecule has 0 radical (unpaired) electrons. The summed E-state index contributed by atoms with van der Waals surface area (Å²) < 4.78 is 95.4. The molecule has 3 aliphatic rings. The first-order valence-corrected chi connectivity index (χ1v) is 28.5. The minimum Gasteiger partial charge on any atom is -0.491 e. The van der Waals surface area contributed by atoms with E-state index in [1.165, 1.54) is 146 Å². The first-order chi connectivity index (χ1) is 32.3. The molecule has 6 rings (SSSR count). The predicted octanol–water partition coefficient (Wildman–Crippen LogP) is 13.4. The Morgan fingerprint density at radius 2 is 1.21 bits per heavy atom. The van der Waals surface area contributed by atoms with Gasteiger partial charge in [0.2, 0.25) is 9.84 Å². The third-order valence-corrected chi connectivity index (χ3v) is 17.0. The van der Waals surface area contributed by atoms with E-state index >= 15 is 4.39 Å². The second kappa shape index (κ2) is 27.2. The van der Waals surface area contributed by atoms with Gasteiger partial charge in [-0.3, -0.25) is 19.7 Å². The van der Waals surface area contributed by atoms with Crippen LogP contribution in [0, 0.1) is 5.82 Å². The Labute approximate surface area is 413 Å². The van der Waals surface area contributed by atoms with E-state index in [4.69, 9.17) is 4.74 Å². The molecular formula is C52H78F4IN5O4S. The molecule has 67 heavy (non-hydrogen) atoms. The summed E-state index contributed by atoms with van der Waals surface area (Å²) in [6.07, 6.45) is 23.1. The number of anilines is 1. The Bertz CT molecular complexity index is 2040. The van der Waals surface area contributed by atoms with Gasteiger partial charge in [0.1, 0.15) is 10.6 Å². The fourth-order valence-corrected chi connectivity index (χ4v) is 12.5. The molecule has 3 fully saturated rings. The van der Waals surface area contributed by atoms with Crippen molar-refractivity contribution in [3.8, 4) is 11.5 Å². The third-order valence-electron chi connectivity index (χ3n) is 14.4. The monoisotopic (exact) mass is 1070 g/mol. The number of piperidine rings is 2. The van der Waals surface area contributed by atoms with Gasteiger partial charge in [0, 0.05) is 76.0 Å². The number of benzene rings is 2. The summed E-state index contributed by atoms with van der Waals surface area (Å²) in [5, 5.41) is 0.225. The maximum absolute atomic E-state index is 15.6. The van der Waals surface area contributed by atoms with Gasteiger partial charge in [-0.15, -0.1) is 13.2 Å². The van der Waals surface area contributed by atoms with Crippen LogP contribution in [0.4, 0.5) is 23.2 Å². The van der Waals surface area contributed by atoms with Crippen molar-refractivity contribution in [3.05, 3.63) is 48.4 Å². The average molecular weight is 1070 g/mol. The van der Waals surface area contributed by atoms with Gasteiger partial charge in [-0.05, 0) is 75.4 Å². The highest BCUT2D eigenvalue weighted by Crippen LogP contribution is 2.40. The van der Waals surface area contributed by atoms with Crippen molar-refractivity contribution >= 4 is 49.0 Å². The fourth-order valence-electron chi connectivity index (χ4n) is 10.5. The lowest BCUT2D eigenvalue weighted by Gasteiger charge is -2.46. The van der Waals surface area contributed by atoms with Crippen LogP contribution in [0.1, 0.15) is 155 Å². The highest BCUT2D eigenvalue weighted by Gasteiger charge is 2.35. The number of alkyl halides is 4. The molecule has 0 amide bonds. The van der Waals surface area contributed by atoms with Crippen LogP contribution in [0.25, 0.3) is 10.9 Å². The second-order valence-electron chi connectivity index (χ2n) is 19.3. The van der Waals surface area contributed by atoms with Gasteiger partial charge in [-0.2, -0.15) is 0 Å². The van der Waals surface area contributed by atoms with E-state index < -0.39 is 27.8 Å². The van der Waals surface area contributed by atoms with Gasteiger partial charge in [-0.1, -0.05) is 139 Å². The van der Waals surface area contributed by atoms with Crippen LogP contribution in [0.5, 0.6) is 11.5 Å². The van der Waals surface area contributed by atoms with Crippen molar-refractivity contribution in [3.63, 3.8) is 0 Å². The fraction of sp³-hybridized carbons (Fsp3) is 0.712. The highest BCUT2D eigenvalue weighted by molar-refractivity contribution is 14.1. The molecule has 0 N–H and O–H groups in total. The molecule has 3 aromatic rings. The van der Waals surface area contributed by atoms with Crippen molar-refractivity contribution in [2.45, 2.75) is 187 Å². The molecule has 0 bridgehead atoms. The normalized spacial score (nSPS) is 18.2. The molecule has 1 unspecified atom stereocenters. The smallest absolute Gasteiger partial charge is 0.491 e. The van der Waals surface area contributed by atoms with E-state index in [0.717, 1.165) is 77.4 Å². The van der Waals surface area contributed by atoms with Crippen LogP contribution in [-0.4, -0.2) is 110 Å². The summed E-state index contributed by atoms with van der Waals surface area (Å²) in [5.74, 6) is -1.28. The topological polar surface area (TPSA) is 78.4 Å². The van der Waals surface area contributed by atoms with E-state index in [0.29, 0.717) is 41.3 Å². The summed E-state index contributed by atoms with van der Waals surface area (Å²) in [6.45, 7) is 12.1. The zero-order chi connectivity index (χ0) is 47.7.